The van der Waals surface area contributed by atoms with Gasteiger partial charge in [0.1, 0.15) is 22.9 Å². The zero-order chi connectivity index (χ0) is 27.1. The van der Waals surface area contributed by atoms with Crippen LogP contribution in [0.15, 0.2) is 30.5 Å². The summed E-state index contributed by atoms with van der Waals surface area (Å²) in [5, 5.41) is 3.08. The summed E-state index contributed by atoms with van der Waals surface area (Å²) in [6, 6.07) is 7.52. The van der Waals surface area contributed by atoms with Gasteiger partial charge in [-0.3, -0.25) is 4.90 Å². The van der Waals surface area contributed by atoms with E-state index in [0.717, 1.165) is 43.8 Å². The average molecular weight is 521 g/mol. The van der Waals surface area contributed by atoms with Crippen molar-refractivity contribution in [2.45, 2.75) is 53.6 Å². The average Bonchev–Trinajstić information content (AvgIpc) is 3.22. The lowest BCUT2D eigenvalue weighted by molar-refractivity contribution is 0.209. The van der Waals surface area contributed by atoms with Crippen molar-refractivity contribution in [3.05, 3.63) is 53.6 Å². The molecule has 0 bridgehead atoms. The Kier molecular flexibility index (Phi) is 7.00. The predicted molar refractivity (Wildman–Crippen MR) is 147 cm³/mol. The van der Waals surface area contributed by atoms with Gasteiger partial charge in [0.25, 0.3) is 0 Å². The number of piperazine rings is 1. The van der Waals surface area contributed by atoms with E-state index in [2.05, 4.69) is 43.9 Å². The number of pyridine rings is 1. The van der Waals surface area contributed by atoms with Crippen molar-refractivity contribution in [3.63, 3.8) is 0 Å². The maximum absolute atomic E-state index is 15.0. The molecule has 0 unspecified atom stereocenters. The van der Waals surface area contributed by atoms with Crippen LogP contribution >= 0.6 is 0 Å². The number of rotatable bonds is 6. The van der Waals surface area contributed by atoms with Crippen LogP contribution in [-0.4, -0.2) is 61.6 Å². The zero-order valence-electron chi connectivity index (χ0n) is 22.8. The highest BCUT2D eigenvalue weighted by molar-refractivity contribution is 5.83. The van der Waals surface area contributed by atoms with Gasteiger partial charge in [-0.15, -0.1) is 0 Å². The molecule has 1 aromatic carbocycles. The van der Waals surface area contributed by atoms with Crippen molar-refractivity contribution in [3.8, 4) is 11.3 Å². The van der Waals surface area contributed by atoms with Crippen LogP contribution in [0.5, 0.6) is 0 Å². The molecule has 0 amide bonds. The minimum Gasteiger partial charge on any atom is -0.368 e. The van der Waals surface area contributed by atoms with Crippen molar-refractivity contribution < 1.29 is 8.78 Å². The second-order valence-corrected chi connectivity index (χ2v) is 10.4. The number of halogens is 2. The number of hydrogen-bond acceptors (Lipinski definition) is 7. The Morgan fingerprint density at radius 1 is 0.868 bits per heavy atom. The minimum absolute atomic E-state index is 0.00817. The van der Waals surface area contributed by atoms with Gasteiger partial charge in [0.2, 0.25) is 5.95 Å². The number of nitrogens with zero attached hydrogens (tertiary/aromatic N) is 7. The van der Waals surface area contributed by atoms with Gasteiger partial charge in [0, 0.05) is 43.8 Å². The van der Waals surface area contributed by atoms with E-state index in [1.165, 1.54) is 6.07 Å². The lowest BCUT2D eigenvalue weighted by Crippen LogP contribution is -2.49. The standard InChI is InChI=1S/C28H34F2N8/c1-16(2)36-9-11-37(12-10-36)23-7-8-25(32-18(23)5)34-28-31-15-22(30)26(35-28)20-13-21(29)27-24(14-20)38(17(3)4)19(6)33-27/h7-8,13-17H,9-12H2,1-6H3,(H,31,32,34,35). The number of fused-ring (bicyclic) bond motifs is 1. The smallest absolute Gasteiger partial charge is 0.229 e. The number of benzene rings is 1. The molecule has 10 heteroatoms. The molecule has 0 atom stereocenters. The molecule has 1 fully saturated rings. The highest BCUT2D eigenvalue weighted by Crippen LogP contribution is 2.31. The molecule has 4 heterocycles. The maximum Gasteiger partial charge on any atom is 0.229 e. The maximum atomic E-state index is 15.0. The summed E-state index contributed by atoms with van der Waals surface area (Å²) in [6.07, 6.45) is 1.09. The second-order valence-electron chi connectivity index (χ2n) is 10.4. The highest BCUT2D eigenvalue weighted by Gasteiger charge is 2.21. The Morgan fingerprint density at radius 2 is 1.61 bits per heavy atom. The van der Waals surface area contributed by atoms with Gasteiger partial charge in [-0.05, 0) is 65.8 Å². The molecule has 38 heavy (non-hydrogen) atoms. The van der Waals surface area contributed by atoms with E-state index >= 15 is 0 Å². The second kappa shape index (κ2) is 10.2. The number of imidazole rings is 1. The lowest BCUT2D eigenvalue weighted by atomic mass is 10.1. The van der Waals surface area contributed by atoms with Gasteiger partial charge in [-0.2, -0.15) is 0 Å². The van der Waals surface area contributed by atoms with Crippen LogP contribution in [-0.2, 0) is 0 Å². The zero-order valence-corrected chi connectivity index (χ0v) is 22.8. The van der Waals surface area contributed by atoms with E-state index in [1.807, 2.05) is 44.4 Å². The van der Waals surface area contributed by atoms with Crippen molar-refractivity contribution >= 4 is 28.5 Å². The number of aromatic nitrogens is 5. The molecule has 1 aliphatic heterocycles. The van der Waals surface area contributed by atoms with Crippen LogP contribution in [0.4, 0.5) is 26.2 Å². The quantitative estimate of drug-likeness (QED) is 0.353. The van der Waals surface area contributed by atoms with Crippen LogP contribution in [0.2, 0.25) is 0 Å². The molecule has 0 aliphatic carbocycles. The normalized spacial score (nSPS) is 14.7. The first-order valence-corrected chi connectivity index (χ1v) is 13.1. The molecule has 1 aliphatic rings. The van der Waals surface area contributed by atoms with Crippen LogP contribution in [0, 0.1) is 25.5 Å². The van der Waals surface area contributed by atoms with Gasteiger partial charge in [-0.25, -0.2) is 28.7 Å². The Morgan fingerprint density at radius 3 is 2.26 bits per heavy atom. The van der Waals surface area contributed by atoms with Gasteiger partial charge < -0.3 is 14.8 Å². The number of aryl methyl sites for hydroxylation is 2. The summed E-state index contributed by atoms with van der Waals surface area (Å²) < 4.78 is 31.8. The third-order valence-corrected chi connectivity index (χ3v) is 7.14. The Labute approximate surface area is 221 Å². The highest BCUT2D eigenvalue weighted by atomic mass is 19.1. The van der Waals surface area contributed by atoms with E-state index in [9.17, 15) is 8.78 Å². The monoisotopic (exact) mass is 520 g/mol. The van der Waals surface area contributed by atoms with E-state index in [0.29, 0.717) is 28.8 Å². The van der Waals surface area contributed by atoms with Crippen LogP contribution < -0.4 is 10.2 Å². The Hall–Kier alpha value is -3.66. The summed E-state index contributed by atoms with van der Waals surface area (Å²) in [5.41, 5.74) is 3.18. The predicted octanol–water partition coefficient (Wildman–Crippen LogP) is 5.64. The lowest BCUT2D eigenvalue weighted by Gasteiger charge is -2.38. The number of nitrogens with one attached hydrogen (secondary N) is 1. The van der Waals surface area contributed by atoms with Gasteiger partial charge >= 0.3 is 0 Å². The first kappa shape index (κ1) is 26.0. The molecule has 3 aromatic heterocycles. The molecule has 8 nitrogen and oxygen atoms in total. The molecule has 5 rings (SSSR count). The van der Waals surface area contributed by atoms with Crippen LogP contribution in [0.1, 0.15) is 45.3 Å². The summed E-state index contributed by atoms with van der Waals surface area (Å²) >= 11 is 0. The molecule has 1 saturated heterocycles. The minimum atomic E-state index is -0.637. The molecule has 4 aromatic rings. The van der Waals surface area contributed by atoms with Gasteiger partial charge in [-0.1, -0.05) is 0 Å². The molecule has 0 spiro atoms. The van der Waals surface area contributed by atoms with Crippen molar-refractivity contribution in [2.24, 2.45) is 0 Å². The first-order valence-electron chi connectivity index (χ1n) is 13.1. The third-order valence-electron chi connectivity index (χ3n) is 7.14. The summed E-state index contributed by atoms with van der Waals surface area (Å²) in [4.78, 5) is 22.4. The first-order chi connectivity index (χ1) is 18.1. The molecular formula is C28H34F2N8. The Bertz CT molecular complexity index is 1470. The van der Waals surface area contributed by atoms with Crippen molar-refractivity contribution in [1.82, 2.24) is 29.4 Å². The van der Waals surface area contributed by atoms with E-state index in [4.69, 9.17) is 4.98 Å². The molecule has 0 radical (unpaired) electrons. The number of hydrogen-bond donors (Lipinski definition) is 1. The molecular weight excluding hydrogens is 486 g/mol. The summed E-state index contributed by atoms with van der Waals surface area (Å²) in [7, 11) is 0. The Balaban J connectivity index is 1.40. The molecule has 0 saturated carbocycles. The fraction of sp³-hybridized carbons (Fsp3) is 0.429. The summed E-state index contributed by atoms with van der Waals surface area (Å²) in [5.74, 6) is 0.278. The number of anilines is 3. The van der Waals surface area contributed by atoms with Crippen molar-refractivity contribution in [2.75, 3.05) is 36.4 Å². The topological polar surface area (TPSA) is 75.0 Å². The van der Waals surface area contributed by atoms with Crippen LogP contribution in [0.25, 0.3) is 22.3 Å². The van der Waals surface area contributed by atoms with Crippen LogP contribution in [0.3, 0.4) is 0 Å². The van der Waals surface area contributed by atoms with E-state index in [1.54, 1.807) is 6.07 Å². The van der Waals surface area contributed by atoms with E-state index in [-0.39, 0.29) is 23.2 Å². The van der Waals surface area contributed by atoms with Gasteiger partial charge in [0.05, 0.1) is 23.1 Å². The third kappa shape index (κ3) is 4.92. The SMILES string of the molecule is Cc1nc(Nc2ncc(F)c(-c3cc(F)c4nc(C)n(C(C)C)c4c3)n2)ccc1N1CCN(C(C)C)CC1. The van der Waals surface area contributed by atoms with Gasteiger partial charge in [0.15, 0.2) is 11.6 Å². The molecule has 200 valence electrons. The fourth-order valence-corrected chi connectivity index (χ4v) is 5.24. The molecule has 1 N–H and O–H groups in total. The summed E-state index contributed by atoms with van der Waals surface area (Å²) in [6.45, 7) is 16.2. The fourth-order valence-electron chi connectivity index (χ4n) is 5.24. The van der Waals surface area contributed by atoms with E-state index < -0.39 is 11.6 Å². The van der Waals surface area contributed by atoms with Crippen molar-refractivity contribution in [1.29, 1.82) is 0 Å². The largest absolute Gasteiger partial charge is 0.368 e.